The molecule has 74 valence electrons. The van der Waals surface area contributed by atoms with Crippen LogP contribution in [0.1, 0.15) is 13.8 Å². The third-order valence-corrected chi connectivity index (χ3v) is 11.0. The molecule has 0 aliphatic heterocycles. The van der Waals surface area contributed by atoms with Gasteiger partial charge in [-0.05, 0) is 36.3 Å². The van der Waals surface area contributed by atoms with Crippen LogP contribution in [0, 0.1) is 0 Å². The summed E-state index contributed by atoms with van der Waals surface area (Å²) in [6, 6.07) is -0.0796. The lowest BCUT2D eigenvalue weighted by molar-refractivity contribution is 0.578. The lowest BCUT2D eigenvalue weighted by Crippen LogP contribution is -2.15. The second-order valence-corrected chi connectivity index (χ2v) is 14.1. The van der Waals surface area contributed by atoms with Crippen molar-refractivity contribution in [1.82, 2.24) is 5.09 Å². The maximum absolute atomic E-state index is 11.3. The fourth-order valence-corrected chi connectivity index (χ4v) is 12.3. The molecule has 0 bridgehead atoms. The van der Waals surface area contributed by atoms with E-state index in [1.807, 2.05) is 0 Å². The summed E-state index contributed by atoms with van der Waals surface area (Å²) in [5.41, 5.74) is 4.98. The third-order valence-electron chi connectivity index (χ3n) is 0.629. The van der Waals surface area contributed by atoms with Crippen LogP contribution in [-0.4, -0.2) is 6.04 Å². The van der Waals surface area contributed by atoms with E-state index in [0.29, 0.717) is 11.0 Å². The molecule has 4 nitrogen and oxygen atoms in total. The Labute approximate surface area is 84.9 Å². The van der Waals surface area contributed by atoms with Gasteiger partial charge in [-0.3, -0.25) is 14.6 Å². The highest BCUT2D eigenvalue weighted by molar-refractivity contribution is 8.94. The third kappa shape index (κ3) is 7.93. The largest absolute Gasteiger partial charge is 0.296 e. The average molecular weight is 271 g/mol. The quantitative estimate of drug-likeness (QED) is 0.767. The Hall–Kier alpha value is 1.31. The van der Waals surface area contributed by atoms with Crippen LogP contribution in [-0.2, 0) is 9.13 Å². The zero-order chi connectivity index (χ0) is 9.99. The zero-order valence-electron chi connectivity index (χ0n) is 6.53. The van der Waals surface area contributed by atoms with E-state index in [0.717, 1.165) is 0 Å². The summed E-state index contributed by atoms with van der Waals surface area (Å²) in [6.07, 6.45) is 0. The Balaban J connectivity index is 4.25. The molecule has 0 aromatic carbocycles. The average Bonchev–Trinajstić information content (AvgIpc) is 1.48. The topological polar surface area (TPSA) is 72.2 Å². The van der Waals surface area contributed by atoms with Gasteiger partial charge in [0.15, 0.2) is 0 Å². The summed E-state index contributed by atoms with van der Waals surface area (Å²) in [6.45, 7) is 3.51. The second kappa shape index (κ2) is 4.70. The molecule has 0 aromatic rings. The molecule has 0 rings (SSSR count). The smallest absolute Gasteiger partial charge is 0.277 e. The van der Waals surface area contributed by atoms with E-state index < -0.39 is 11.7 Å². The first-order chi connectivity index (χ1) is 5.12. The SMILES string of the molecule is CC(C)NP(=O)(Cl)SP(N)(=O)Cl. The highest BCUT2D eigenvalue weighted by Crippen LogP contribution is 2.77. The summed E-state index contributed by atoms with van der Waals surface area (Å²) >= 11 is 11.1. The van der Waals surface area contributed by atoms with Gasteiger partial charge < -0.3 is 0 Å². The first-order valence-electron chi connectivity index (χ1n) is 2.99. The molecule has 0 saturated carbocycles. The molecule has 12 heavy (non-hydrogen) atoms. The molecule has 0 fully saturated rings. The van der Waals surface area contributed by atoms with E-state index in [-0.39, 0.29) is 6.04 Å². The minimum Gasteiger partial charge on any atom is -0.277 e. The van der Waals surface area contributed by atoms with Gasteiger partial charge in [0.05, 0.1) is 0 Å². The molecule has 0 spiro atoms. The van der Waals surface area contributed by atoms with Crippen LogP contribution in [0.2, 0.25) is 0 Å². The van der Waals surface area contributed by atoms with E-state index in [1.54, 1.807) is 13.8 Å². The Bertz CT molecular complexity index is 242. The summed E-state index contributed by atoms with van der Waals surface area (Å²) in [4.78, 5) is 0. The van der Waals surface area contributed by atoms with Crippen molar-refractivity contribution in [2.75, 3.05) is 0 Å². The molecular formula is C3H10Cl2N2O2P2S. The van der Waals surface area contributed by atoms with Crippen molar-refractivity contribution in [2.24, 2.45) is 5.50 Å². The van der Waals surface area contributed by atoms with Gasteiger partial charge >= 0.3 is 0 Å². The van der Waals surface area contributed by atoms with Crippen molar-refractivity contribution in [1.29, 1.82) is 0 Å². The van der Waals surface area contributed by atoms with Crippen molar-refractivity contribution in [3.63, 3.8) is 0 Å². The Kier molecular flexibility index (Phi) is 5.21. The first-order valence-corrected chi connectivity index (χ1v) is 10.3. The van der Waals surface area contributed by atoms with Crippen molar-refractivity contribution >= 4 is 45.2 Å². The number of nitrogens with two attached hydrogens (primary N) is 1. The summed E-state index contributed by atoms with van der Waals surface area (Å²) in [7, 11) is 0. The van der Waals surface area contributed by atoms with Crippen LogP contribution in [0.15, 0.2) is 0 Å². The van der Waals surface area contributed by atoms with Gasteiger partial charge in [-0.25, -0.2) is 5.09 Å². The molecular weight excluding hydrogens is 261 g/mol. The van der Waals surface area contributed by atoms with Crippen LogP contribution in [0.25, 0.3) is 0 Å². The molecule has 0 radical (unpaired) electrons. The highest BCUT2D eigenvalue weighted by Gasteiger charge is 2.29. The first kappa shape index (κ1) is 13.3. The number of halogens is 2. The zero-order valence-corrected chi connectivity index (χ0v) is 10.6. The number of hydrogen-bond acceptors (Lipinski definition) is 3. The van der Waals surface area contributed by atoms with Crippen LogP contribution in [0.4, 0.5) is 0 Å². The molecule has 3 N–H and O–H groups in total. The predicted molar refractivity (Wildman–Crippen MR) is 57.0 cm³/mol. The van der Waals surface area contributed by atoms with Crippen molar-refractivity contribution in [3.8, 4) is 0 Å². The molecule has 0 aromatic heterocycles. The summed E-state index contributed by atoms with van der Waals surface area (Å²) < 4.78 is 22.1. The molecule has 2 unspecified atom stereocenters. The van der Waals surface area contributed by atoms with E-state index in [9.17, 15) is 9.13 Å². The van der Waals surface area contributed by atoms with Crippen LogP contribution >= 0.6 is 45.2 Å². The summed E-state index contributed by atoms with van der Waals surface area (Å²) in [5, 5.41) is 2.52. The van der Waals surface area contributed by atoms with Gasteiger partial charge in [-0.15, -0.1) is 0 Å². The van der Waals surface area contributed by atoms with Gasteiger partial charge in [-0.2, -0.15) is 0 Å². The molecule has 0 saturated heterocycles. The minimum atomic E-state index is -3.41. The van der Waals surface area contributed by atoms with Crippen molar-refractivity contribution in [2.45, 2.75) is 19.9 Å². The Morgan fingerprint density at radius 1 is 1.42 bits per heavy atom. The Morgan fingerprint density at radius 3 is 2.08 bits per heavy atom. The van der Waals surface area contributed by atoms with E-state index in [2.05, 4.69) is 5.09 Å². The van der Waals surface area contributed by atoms with E-state index >= 15 is 0 Å². The number of hydrogen-bond donors (Lipinski definition) is 2. The fourth-order valence-electron chi connectivity index (χ4n) is 0.475. The standard InChI is InChI=1S/C3H10Cl2N2O2P2S/c1-3(2)7-11(5,9)12-10(4,6)8/h3H,1-2H3,(H2,6,8)(H,7,9). The lowest BCUT2D eigenvalue weighted by atomic mass is 10.4. The van der Waals surface area contributed by atoms with Gasteiger partial charge in [0.2, 0.25) is 0 Å². The molecule has 2 atom stereocenters. The molecule has 0 aliphatic rings. The molecule has 0 heterocycles. The normalized spacial score (nSPS) is 21.8. The van der Waals surface area contributed by atoms with Crippen LogP contribution in [0.3, 0.4) is 0 Å². The number of nitrogens with one attached hydrogen (secondary N) is 1. The van der Waals surface area contributed by atoms with Crippen LogP contribution < -0.4 is 10.6 Å². The maximum Gasteiger partial charge on any atom is 0.296 e. The van der Waals surface area contributed by atoms with Gasteiger partial charge in [0.25, 0.3) is 11.7 Å². The van der Waals surface area contributed by atoms with Crippen molar-refractivity contribution < 1.29 is 9.13 Å². The second-order valence-electron chi connectivity index (χ2n) is 2.37. The predicted octanol–water partition coefficient (Wildman–Crippen LogP) is 3.37. The molecule has 0 aliphatic carbocycles. The minimum absolute atomic E-state index is 0.0796. The fraction of sp³-hybridized carbons (Fsp3) is 1.00. The Morgan fingerprint density at radius 2 is 1.83 bits per heavy atom. The van der Waals surface area contributed by atoms with Crippen molar-refractivity contribution in [3.05, 3.63) is 0 Å². The number of rotatable bonds is 4. The molecule has 9 heteroatoms. The van der Waals surface area contributed by atoms with Gasteiger partial charge in [0.1, 0.15) is 0 Å². The van der Waals surface area contributed by atoms with Gasteiger partial charge in [0, 0.05) is 17.0 Å². The molecule has 0 amide bonds. The van der Waals surface area contributed by atoms with Gasteiger partial charge in [-0.1, -0.05) is 0 Å². The van der Waals surface area contributed by atoms with Crippen LogP contribution in [0.5, 0.6) is 0 Å². The van der Waals surface area contributed by atoms with E-state index in [1.165, 1.54) is 0 Å². The lowest BCUT2D eigenvalue weighted by Gasteiger charge is -2.14. The summed E-state index contributed by atoms with van der Waals surface area (Å²) in [5.74, 6) is -6.66. The maximum atomic E-state index is 11.3. The monoisotopic (exact) mass is 270 g/mol. The highest BCUT2D eigenvalue weighted by atomic mass is 35.7. The van der Waals surface area contributed by atoms with E-state index in [4.69, 9.17) is 28.0 Å².